The number of hydrogen-bond acceptors (Lipinski definition) is 2. The normalized spacial score (nSPS) is 16.1. The van der Waals surface area contributed by atoms with Gasteiger partial charge in [-0.2, -0.15) is 24.5 Å². The van der Waals surface area contributed by atoms with Crippen LogP contribution in [0.5, 0.6) is 0 Å². The van der Waals surface area contributed by atoms with Crippen LogP contribution in [0.4, 0.5) is 13.2 Å². The highest BCUT2D eigenvalue weighted by molar-refractivity contribution is 7.07. The fourth-order valence-corrected chi connectivity index (χ4v) is 2.25. The molecule has 0 aliphatic heterocycles. The molecule has 0 saturated carbocycles. The molecule has 92 valence electrons. The van der Waals surface area contributed by atoms with E-state index in [-0.39, 0.29) is 5.92 Å². The van der Waals surface area contributed by atoms with Gasteiger partial charge in [-0.05, 0) is 35.2 Å². The largest absolute Gasteiger partial charge is 0.390 e. The highest BCUT2D eigenvalue weighted by Crippen LogP contribution is 2.22. The maximum absolute atomic E-state index is 12.1. The van der Waals surface area contributed by atoms with E-state index in [1.165, 1.54) is 5.56 Å². The SMILES string of the molecule is CC(CC(F)(F)F)NCC(C)c1ccsc1. The van der Waals surface area contributed by atoms with Crippen LogP contribution < -0.4 is 5.32 Å². The number of rotatable bonds is 5. The number of hydrogen-bond donors (Lipinski definition) is 1. The second-order valence-corrected chi connectivity index (χ2v) is 4.87. The Morgan fingerprint density at radius 1 is 1.38 bits per heavy atom. The Morgan fingerprint density at radius 2 is 2.06 bits per heavy atom. The molecule has 0 bridgehead atoms. The van der Waals surface area contributed by atoms with Gasteiger partial charge in [0.2, 0.25) is 0 Å². The van der Waals surface area contributed by atoms with Crippen molar-refractivity contribution in [2.75, 3.05) is 6.54 Å². The second-order valence-electron chi connectivity index (χ2n) is 4.09. The Labute approximate surface area is 97.7 Å². The van der Waals surface area contributed by atoms with E-state index in [1.54, 1.807) is 18.3 Å². The molecule has 1 nitrogen and oxygen atoms in total. The minimum absolute atomic E-state index is 0.252. The van der Waals surface area contributed by atoms with E-state index < -0.39 is 18.6 Å². The quantitative estimate of drug-likeness (QED) is 0.839. The Hall–Kier alpha value is -0.550. The van der Waals surface area contributed by atoms with Crippen LogP contribution in [0.25, 0.3) is 0 Å². The predicted molar refractivity (Wildman–Crippen MR) is 60.9 cm³/mol. The minimum Gasteiger partial charge on any atom is -0.313 e. The van der Waals surface area contributed by atoms with Gasteiger partial charge in [0.25, 0.3) is 0 Å². The summed E-state index contributed by atoms with van der Waals surface area (Å²) in [7, 11) is 0. The third kappa shape index (κ3) is 4.99. The van der Waals surface area contributed by atoms with E-state index in [9.17, 15) is 13.2 Å². The van der Waals surface area contributed by atoms with Crippen molar-refractivity contribution < 1.29 is 13.2 Å². The van der Waals surface area contributed by atoms with Crippen molar-refractivity contribution in [1.82, 2.24) is 5.32 Å². The van der Waals surface area contributed by atoms with Crippen molar-refractivity contribution in [3.63, 3.8) is 0 Å². The average Bonchev–Trinajstić information content (AvgIpc) is 2.64. The van der Waals surface area contributed by atoms with Gasteiger partial charge in [-0.25, -0.2) is 0 Å². The number of halogens is 3. The Bertz CT molecular complexity index is 295. The number of alkyl halides is 3. The van der Waals surface area contributed by atoms with Gasteiger partial charge in [-0.1, -0.05) is 6.92 Å². The van der Waals surface area contributed by atoms with E-state index >= 15 is 0 Å². The molecule has 0 saturated heterocycles. The van der Waals surface area contributed by atoms with Crippen molar-refractivity contribution in [3.05, 3.63) is 22.4 Å². The summed E-state index contributed by atoms with van der Waals surface area (Å²) in [6, 6.07) is 1.48. The second kappa shape index (κ2) is 5.68. The fourth-order valence-electron chi connectivity index (χ4n) is 1.47. The van der Waals surface area contributed by atoms with E-state index in [1.807, 2.05) is 23.8 Å². The summed E-state index contributed by atoms with van der Waals surface area (Å²) in [5.41, 5.74) is 1.18. The third-order valence-electron chi connectivity index (χ3n) is 2.42. The topological polar surface area (TPSA) is 12.0 Å². The molecule has 1 heterocycles. The molecular weight excluding hydrogens is 235 g/mol. The van der Waals surface area contributed by atoms with E-state index in [0.717, 1.165) is 0 Å². The molecule has 1 rings (SSSR count). The highest BCUT2D eigenvalue weighted by Gasteiger charge is 2.29. The lowest BCUT2D eigenvalue weighted by atomic mass is 10.0. The Morgan fingerprint density at radius 3 is 2.56 bits per heavy atom. The zero-order chi connectivity index (χ0) is 12.2. The minimum atomic E-state index is -4.09. The monoisotopic (exact) mass is 251 g/mol. The molecule has 0 radical (unpaired) electrons. The van der Waals surface area contributed by atoms with Gasteiger partial charge in [0.15, 0.2) is 0 Å². The first-order chi connectivity index (χ1) is 7.38. The first-order valence-corrected chi connectivity index (χ1v) is 6.15. The van der Waals surface area contributed by atoms with E-state index in [0.29, 0.717) is 6.54 Å². The molecule has 0 spiro atoms. The lowest BCUT2D eigenvalue weighted by molar-refractivity contribution is -0.139. The molecule has 2 atom stereocenters. The van der Waals surface area contributed by atoms with Crippen LogP contribution in [0.2, 0.25) is 0 Å². The van der Waals surface area contributed by atoms with Gasteiger partial charge in [0.1, 0.15) is 0 Å². The molecule has 5 heteroatoms. The molecule has 2 unspecified atom stereocenters. The summed E-state index contributed by atoms with van der Waals surface area (Å²) < 4.78 is 36.2. The molecule has 0 aromatic carbocycles. The molecule has 0 fully saturated rings. The zero-order valence-corrected chi connectivity index (χ0v) is 10.2. The van der Waals surface area contributed by atoms with Crippen molar-refractivity contribution in [2.24, 2.45) is 0 Å². The van der Waals surface area contributed by atoms with E-state index in [4.69, 9.17) is 0 Å². The maximum atomic E-state index is 12.1. The van der Waals surface area contributed by atoms with Crippen molar-refractivity contribution in [2.45, 2.75) is 38.4 Å². The molecule has 0 aliphatic rings. The molecule has 1 aromatic heterocycles. The van der Waals surface area contributed by atoms with E-state index in [2.05, 4.69) is 5.32 Å². The van der Waals surface area contributed by atoms with Crippen LogP contribution >= 0.6 is 11.3 Å². The van der Waals surface area contributed by atoms with Gasteiger partial charge >= 0.3 is 6.18 Å². The molecule has 0 amide bonds. The van der Waals surface area contributed by atoms with Gasteiger partial charge in [-0.15, -0.1) is 0 Å². The average molecular weight is 251 g/mol. The molecule has 1 aromatic rings. The fraction of sp³-hybridized carbons (Fsp3) is 0.636. The summed E-state index contributed by atoms with van der Waals surface area (Å²) in [4.78, 5) is 0. The number of nitrogens with one attached hydrogen (secondary N) is 1. The van der Waals surface area contributed by atoms with Crippen LogP contribution in [0.3, 0.4) is 0 Å². The highest BCUT2D eigenvalue weighted by atomic mass is 32.1. The Kier molecular flexibility index (Phi) is 4.80. The molecule has 1 N–H and O–H groups in total. The van der Waals surface area contributed by atoms with Crippen molar-refractivity contribution in [1.29, 1.82) is 0 Å². The summed E-state index contributed by atoms with van der Waals surface area (Å²) in [5, 5.41) is 6.92. The zero-order valence-electron chi connectivity index (χ0n) is 9.34. The smallest absolute Gasteiger partial charge is 0.313 e. The van der Waals surface area contributed by atoms with Crippen LogP contribution in [-0.4, -0.2) is 18.8 Å². The van der Waals surface area contributed by atoms with Gasteiger partial charge in [0, 0.05) is 12.6 Å². The number of thiophene rings is 1. The maximum Gasteiger partial charge on any atom is 0.390 e. The standard InChI is InChI=1S/C11H16F3NS/c1-8(10-3-4-16-7-10)6-15-9(2)5-11(12,13)14/h3-4,7-9,15H,5-6H2,1-2H3. The molecule has 16 heavy (non-hydrogen) atoms. The van der Waals surface area contributed by atoms with Gasteiger partial charge in [-0.3, -0.25) is 0 Å². The van der Waals surface area contributed by atoms with Crippen molar-refractivity contribution in [3.8, 4) is 0 Å². The van der Waals surface area contributed by atoms with Crippen LogP contribution in [0, 0.1) is 0 Å². The first-order valence-electron chi connectivity index (χ1n) is 5.20. The predicted octanol–water partition coefficient (Wildman–Crippen LogP) is 3.78. The van der Waals surface area contributed by atoms with Crippen LogP contribution in [-0.2, 0) is 0 Å². The molecule has 0 aliphatic carbocycles. The van der Waals surface area contributed by atoms with Crippen molar-refractivity contribution >= 4 is 11.3 Å². The lowest BCUT2D eigenvalue weighted by Gasteiger charge is -2.18. The Balaban J connectivity index is 2.29. The summed E-state index contributed by atoms with van der Waals surface area (Å²) in [6.45, 7) is 4.15. The summed E-state index contributed by atoms with van der Waals surface area (Å²) in [5.74, 6) is 0.252. The third-order valence-corrected chi connectivity index (χ3v) is 3.12. The lowest BCUT2D eigenvalue weighted by Crippen LogP contribution is -2.33. The first kappa shape index (κ1) is 13.5. The van der Waals surface area contributed by atoms with Crippen LogP contribution in [0.15, 0.2) is 16.8 Å². The van der Waals surface area contributed by atoms with Crippen LogP contribution in [0.1, 0.15) is 31.7 Å². The summed E-state index contributed by atoms with van der Waals surface area (Å²) in [6.07, 6.45) is -4.86. The molecular formula is C11H16F3NS. The van der Waals surface area contributed by atoms with Gasteiger partial charge < -0.3 is 5.32 Å². The summed E-state index contributed by atoms with van der Waals surface area (Å²) >= 11 is 1.60. The van der Waals surface area contributed by atoms with Gasteiger partial charge in [0.05, 0.1) is 6.42 Å².